The summed E-state index contributed by atoms with van der Waals surface area (Å²) in [6.45, 7) is 8.33. The van der Waals surface area contributed by atoms with Gasteiger partial charge in [0.15, 0.2) is 5.96 Å². The highest BCUT2D eigenvalue weighted by atomic mass is 19.1. The fraction of sp³-hybridized carbons (Fsp3) is 0.562. The van der Waals surface area contributed by atoms with Crippen LogP contribution in [0.2, 0.25) is 0 Å². The molecule has 0 spiro atoms. The Morgan fingerprint density at radius 3 is 2.62 bits per heavy atom. The third kappa shape index (κ3) is 5.34. The van der Waals surface area contributed by atoms with Crippen LogP contribution in [-0.4, -0.2) is 32.3 Å². The Bertz CT molecular complexity index is 500. The molecular formula is C16H26FN3O. The van der Waals surface area contributed by atoms with Gasteiger partial charge in [-0.3, -0.25) is 4.99 Å². The molecule has 1 aromatic carbocycles. The van der Waals surface area contributed by atoms with Gasteiger partial charge in [0.05, 0.1) is 11.6 Å². The Labute approximate surface area is 126 Å². The lowest BCUT2D eigenvalue weighted by molar-refractivity contribution is 0.0268. The monoisotopic (exact) mass is 295 g/mol. The van der Waals surface area contributed by atoms with Gasteiger partial charge in [0.25, 0.3) is 0 Å². The average Bonchev–Trinajstić information content (AvgIpc) is 2.46. The van der Waals surface area contributed by atoms with Crippen LogP contribution in [0.1, 0.15) is 37.9 Å². The molecule has 0 bridgehead atoms. The Hall–Kier alpha value is -1.62. The summed E-state index contributed by atoms with van der Waals surface area (Å²) in [5.41, 5.74) is 1.25. The van der Waals surface area contributed by atoms with Gasteiger partial charge >= 0.3 is 0 Å². The number of benzene rings is 1. The van der Waals surface area contributed by atoms with E-state index < -0.39 is 0 Å². The molecule has 0 aliphatic heterocycles. The van der Waals surface area contributed by atoms with Gasteiger partial charge in [-0.25, -0.2) is 4.39 Å². The molecule has 5 heteroatoms. The van der Waals surface area contributed by atoms with Crippen molar-refractivity contribution >= 4 is 5.96 Å². The van der Waals surface area contributed by atoms with Crippen molar-refractivity contribution in [1.82, 2.24) is 10.6 Å². The smallest absolute Gasteiger partial charge is 0.191 e. The molecule has 1 unspecified atom stereocenters. The number of aryl methyl sites for hydroxylation is 1. The largest absolute Gasteiger partial charge is 0.377 e. The van der Waals surface area contributed by atoms with Crippen LogP contribution >= 0.6 is 0 Å². The second-order valence-corrected chi connectivity index (χ2v) is 5.76. The molecule has 0 fully saturated rings. The highest BCUT2D eigenvalue weighted by Crippen LogP contribution is 2.16. The summed E-state index contributed by atoms with van der Waals surface area (Å²) in [7, 11) is 3.38. The lowest BCUT2D eigenvalue weighted by Crippen LogP contribution is -2.45. The summed E-state index contributed by atoms with van der Waals surface area (Å²) in [5.74, 6) is 0.471. The number of nitrogens with zero attached hydrogens (tertiary/aromatic N) is 1. The normalized spacial score (nSPS) is 14.0. The maximum absolute atomic E-state index is 13.6. The number of rotatable bonds is 5. The molecule has 21 heavy (non-hydrogen) atoms. The molecule has 0 radical (unpaired) electrons. The van der Waals surface area contributed by atoms with E-state index in [4.69, 9.17) is 4.74 Å². The van der Waals surface area contributed by atoms with Gasteiger partial charge in [-0.2, -0.15) is 0 Å². The topological polar surface area (TPSA) is 45.7 Å². The quantitative estimate of drug-likeness (QED) is 0.648. The molecule has 118 valence electrons. The van der Waals surface area contributed by atoms with Crippen molar-refractivity contribution < 1.29 is 9.13 Å². The van der Waals surface area contributed by atoms with Crippen LogP contribution in [-0.2, 0) is 4.74 Å². The zero-order chi connectivity index (χ0) is 16.0. The summed E-state index contributed by atoms with van der Waals surface area (Å²) in [6.07, 6.45) is 0. The van der Waals surface area contributed by atoms with Crippen LogP contribution in [0.15, 0.2) is 23.2 Å². The van der Waals surface area contributed by atoms with Crippen molar-refractivity contribution in [2.75, 3.05) is 20.7 Å². The lowest BCUT2D eigenvalue weighted by Gasteiger charge is -2.25. The highest BCUT2D eigenvalue weighted by molar-refractivity contribution is 5.80. The van der Waals surface area contributed by atoms with Crippen molar-refractivity contribution in [2.45, 2.75) is 39.3 Å². The number of guanidine groups is 1. The SMILES string of the molecule is CN=C(NCC(C)(C)OC)NC(C)c1ccc(C)c(F)c1. The third-order valence-corrected chi connectivity index (χ3v) is 3.51. The van der Waals surface area contributed by atoms with Gasteiger partial charge in [0.2, 0.25) is 0 Å². The number of ether oxygens (including phenoxy) is 1. The first-order valence-electron chi connectivity index (χ1n) is 7.07. The molecule has 4 nitrogen and oxygen atoms in total. The van der Waals surface area contributed by atoms with Crippen molar-refractivity contribution in [1.29, 1.82) is 0 Å². The summed E-state index contributed by atoms with van der Waals surface area (Å²) in [4.78, 5) is 4.18. The summed E-state index contributed by atoms with van der Waals surface area (Å²) in [5, 5.41) is 6.45. The molecule has 1 atom stereocenters. The Kier molecular flexibility index (Phi) is 6.15. The fourth-order valence-electron chi connectivity index (χ4n) is 1.73. The van der Waals surface area contributed by atoms with Crippen LogP contribution in [0.25, 0.3) is 0 Å². The minimum absolute atomic E-state index is 0.0445. The van der Waals surface area contributed by atoms with Gasteiger partial charge in [-0.1, -0.05) is 12.1 Å². The van der Waals surface area contributed by atoms with E-state index in [1.54, 1.807) is 33.2 Å². The Morgan fingerprint density at radius 1 is 1.43 bits per heavy atom. The summed E-state index contributed by atoms with van der Waals surface area (Å²) >= 11 is 0. The van der Waals surface area contributed by atoms with Gasteiger partial charge in [-0.05, 0) is 44.9 Å². The number of methoxy groups -OCH3 is 1. The van der Waals surface area contributed by atoms with Gasteiger partial charge in [0, 0.05) is 20.7 Å². The maximum atomic E-state index is 13.6. The zero-order valence-electron chi connectivity index (χ0n) is 13.7. The third-order valence-electron chi connectivity index (χ3n) is 3.51. The van der Waals surface area contributed by atoms with Gasteiger partial charge in [0.1, 0.15) is 5.82 Å². The van der Waals surface area contributed by atoms with Crippen LogP contribution in [0.4, 0.5) is 4.39 Å². The first-order chi connectivity index (χ1) is 9.79. The van der Waals surface area contributed by atoms with Crippen LogP contribution in [0.3, 0.4) is 0 Å². The minimum Gasteiger partial charge on any atom is -0.377 e. The van der Waals surface area contributed by atoms with Crippen LogP contribution in [0.5, 0.6) is 0 Å². The van der Waals surface area contributed by atoms with Crippen LogP contribution in [0, 0.1) is 12.7 Å². The molecule has 0 aromatic heterocycles. The van der Waals surface area contributed by atoms with E-state index in [1.807, 2.05) is 26.8 Å². The molecule has 0 aliphatic carbocycles. The average molecular weight is 295 g/mol. The van der Waals surface area contributed by atoms with Gasteiger partial charge in [-0.15, -0.1) is 0 Å². The molecule has 2 N–H and O–H groups in total. The standard InChI is InChI=1S/C16H26FN3O/c1-11-7-8-13(9-14(11)17)12(2)20-15(18-5)19-10-16(3,4)21-6/h7-9,12H,10H2,1-6H3,(H2,18,19,20). The van der Waals surface area contributed by atoms with E-state index >= 15 is 0 Å². The summed E-state index contributed by atoms with van der Waals surface area (Å²) < 4.78 is 19.0. The van der Waals surface area contributed by atoms with Crippen molar-refractivity contribution in [2.24, 2.45) is 4.99 Å². The first-order valence-corrected chi connectivity index (χ1v) is 7.07. The van der Waals surface area contributed by atoms with E-state index in [-0.39, 0.29) is 17.5 Å². The summed E-state index contributed by atoms with van der Waals surface area (Å²) in [6, 6.07) is 5.21. The molecule has 0 amide bonds. The van der Waals surface area contributed by atoms with Crippen molar-refractivity contribution in [3.8, 4) is 0 Å². The van der Waals surface area contributed by atoms with E-state index in [9.17, 15) is 4.39 Å². The van der Waals surface area contributed by atoms with Crippen molar-refractivity contribution in [3.63, 3.8) is 0 Å². The molecule has 0 saturated carbocycles. The number of hydrogen-bond donors (Lipinski definition) is 2. The predicted molar refractivity (Wildman–Crippen MR) is 85.1 cm³/mol. The maximum Gasteiger partial charge on any atom is 0.191 e. The number of hydrogen-bond acceptors (Lipinski definition) is 2. The number of aliphatic imine (C=N–C) groups is 1. The van der Waals surface area contributed by atoms with Crippen molar-refractivity contribution in [3.05, 3.63) is 35.1 Å². The number of halogens is 1. The van der Waals surface area contributed by atoms with E-state index in [0.717, 1.165) is 5.56 Å². The zero-order valence-corrected chi connectivity index (χ0v) is 13.7. The predicted octanol–water partition coefficient (Wildman–Crippen LogP) is 2.79. The Balaban J connectivity index is 2.66. The van der Waals surface area contributed by atoms with E-state index in [2.05, 4.69) is 15.6 Å². The molecule has 0 heterocycles. The second kappa shape index (κ2) is 7.41. The Morgan fingerprint density at radius 2 is 2.10 bits per heavy atom. The van der Waals surface area contributed by atoms with E-state index in [0.29, 0.717) is 18.1 Å². The molecular weight excluding hydrogens is 269 g/mol. The molecule has 1 aromatic rings. The number of nitrogens with one attached hydrogen (secondary N) is 2. The fourth-order valence-corrected chi connectivity index (χ4v) is 1.73. The minimum atomic E-state index is -0.281. The molecule has 1 rings (SSSR count). The first kappa shape index (κ1) is 17.4. The molecule has 0 saturated heterocycles. The van der Waals surface area contributed by atoms with Crippen LogP contribution < -0.4 is 10.6 Å². The van der Waals surface area contributed by atoms with E-state index in [1.165, 1.54) is 0 Å². The molecule has 0 aliphatic rings. The second-order valence-electron chi connectivity index (χ2n) is 5.76. The highest BCUT2D eigenvalue weighted by Gasteiger charge is 2.17. The lowest BCUT2D eigenvalue weighted by atomic mass is 10.1. The van der Waals surface area contributed by atoms with Gasteiger partial charge < -0.3 is 15.4 Å².